The van der Waals surface area contributed by atoms with Gasteiger partial charge in [-0.2, -0.15) is 5.10 Å². The minimum absolute atomic E-state index is 0.113. The first kappa shape index (κ1) is 20.8. The van der Waals surface area contributed by atoms with E-state index in [1.807, 2.05) is 30.3 Å². The number of nitrogens with one attached hydrogen (secondary N) is 2. The summed E-state index contributed by atoms with van der Waals surface area (Å²) in [6, 6.07) is 16.3. The number of amides is 1. The van der Waals surface area contributed by atoms with Crippen LogP contribution in [0.5, 0.6) is 5.75 Å². The molecule has 4 aromatic rings. The number of anilines is 1. The van der Waals surface area contributed by atoms with Crippen molar-refractivity contribution >= 4 is 35.0 Å². The summed E-state index contributed by atoms with van der Waals surface area (Å²) < 4.78 is 6.50. The second kappa shape index (κ2) is 9.11. The summed E-state index contributed by atoms with van der Waals surface area (Å²) in [4.78, 5) is 12.2. The highest BCUT2D eigenvalue weighted by molar-refractivity contribution is 7.99. The first-order valence-electron chi connectivity index (χ1n) is 9.12. The van der Waals surface area contributed by atoms with Crippen LogP contribution in [0.3, 0.4) is 0 Å². The first-order chi connectivity index (χ1) is 15.0. The topological polar surface area (TPSA) is 124 Å². The molecule has 0 aliphatic carbocycles. The number of H-pyrrole nitrogens is 1. The van der Waals surface area contributed by atoms with Crippen LogP contribution in [0.1, 0.15) is 0 Å². The van der Waals surface area contributed by atoms with E-state index in [1.165, 1.54) is 16.4 Å². The summed E-state index contributed by atoms with van der Waals surface area (Å²) in [6.07, 6.45) is 0. The number of hydrogen-bond donors (Lipinski definition) is 3. The standard InChI is InChI=1S/C20H18ClN7O2S/c1-30-15-7-5-12(6-8-15)16-10-17(25-24-16)19-26-27-20(28(19)22)31-11-18(29)23-14-4-2-3-13(21)9-14/h2-10H,11,22H2,1H3,(H,23,29)(H,24,25). The van der Waals surface area contributed by atoms with Gasteiger partial charge in [-0.3, -0.25) is 9.89 Å². The van der Waals surface area contributed by atoms with E-state index in [1.54, 1.807) is 31.4 Å². The van der Waals surface area contributed by atoms with Gasteiger partial charge in [0.15, 0.2) is 0 Å². The van der Waals surface area contributed by atoms with Crippen LogP contribution in [0.25, 0.3) is 22.8 Å². The number of nitrogen functional groups attached to an aromatic ring is 1. The largest absolute Gasteiger partial charge is 0.497 e. The summed E-state index contributed by atoms with van der Waals surface area (Å²) >= 11 is 7.10. The Hall–Kier alpha value is -3.50. The number of rotatable bonds is 7. The third-order valence-electron chi connectivity index (χ3n) is 4.31. The van der Waals surface area contributed by atoms with Gasteiger partial charge < -0.3 is 15.9 Å². The maximum atomic E-state index is 12.2. The Balaban J connectivity index is 1.42. The molecule has 0 saturated carbocycles. The Bertz CT molecular complexity index is 1210. The van der Waals surface area contributed by atoms with Crippen LogP contribution in [-0.4, -0.2) is 43.8 Å². The maximum Gasteiger partial charge on any atom is 0.234 e. The highest BCUT2D eigenvalue weighted by Gasteiger charge is 2.16. The van der Waals surface area contributed by atoms with Gasteiger partial charge in [0.1, 0.15) is 11.4 Å². The van der Waals surface area contributed by atoms with Crippen LogP contribution in [0.15, 0.2) is 59.8 Å². The molecule has 11 heteroatoms. The molecule has 0 unspecified atom stereocenters. The van der Waals surface area contributed by atoms with E-state index in [2.05, 4.69) is 25.7 Å². The molecule has 4 rings (SSSR count). The van der Waals surface area contributed by atoms with Crippen molar-refractivity contribution in [1.82, 2.24) is 25.1 Å². The van der Waals surface area contributed by atoms with Crippen LogP contribution in [0.4, 0.5) is 5.69 Å². The van der Waals surface area contributed by atoms with Crippen molar-refractivity contribution in [3.63, 3.8) is 0 Å². The summed E-state index contributed by atoms with van der Waals surface area (Å²) in [5.74, 6) is 7.22. The lowest BCUT2D eigenvalue weighted by Gasteiger charge is -2.05. The lowest BCUT2D eigenvalue weighted by atomic mass is 10.1. The Labute approximate surface area is 186 Å². The van der Waals surface area contributed by atoms with Crippen molar-refractivity contribution in [3.8, 4) is 28.5 Å². The molecule has 0 spiro atoms. The fourth-order valence-corrected chi connectivity index (χ4v) is 3.65. The van der Waals surface area contributed by atoms with Gasteiger partial charge in [0.05, 0.1) is 18.6 Å². The molecule has 9 nitrogen and oxygen atoms in total. The molecule has 0 atom stereocenters. The molecule has 158 valence electrons. The number of carbonyl (C=O) groups is 1. The van der Waals surface area contributed by atoms with Gasteiger partial charge >= 0.3 is 0 Å². The third-order valence-corrected chi connectivity index (χ3v) is 5.49. The van der Waals surface area contributed by atoms with Crippen LogP contribution < -0.4 is 15.9 Å². The van der Waals surface area contributed by atoms with E-state index in [0.29, 0.717) is 27.4 Å². The molecule has 4 N–H and O–H groups in total. The first-order valence-corrected chi connectivity index (χ1v) is 10.5. The van der Waals surface area contributed by atoms with Crippen LogP contribution in [-0.2, 0) is 4.79 Å². The second-order valence-electron chi connectivity index (χ2n) is 6.42. The number of hydrogen-bond acceptors (Lipinski definition) is 7. The minimum Gasteiger partial charge on any atom is -0.497 e. The van der Waals surface area contributed by atoms with E-state index >= 15 is 0 Å². The Morgan fingerprint density at radius 2 is 2.03 bits per heavy atom. The highest BCUT2D eigenvalue weighted by Crippen LogP contribution is 2.26. The number of aromatic amines is 1. The SMILES string of the molecule is COc1ccc(-c2cc(-c3nnc(SCC(=O)Nc4cccc(Cl)c4)n3N)[nH]n2)cc1. The predicted octanol–water partition coefficient (Wildman–Crippen LogP) is 3.44. The molecular weight excluding hydrogens is 438 g/mol. The van der Waals surface area contributed by atoms with Crippen molar-refractivity contribution in [2.24, 2.45) is 0 Å². The monoisotopic (exact) mass is 455 g/mol. The van der Waals surface area contributed by atoms with Gasteiger partial charge in [-0.25, -0.2) is 4.68 Å². The number of benzene rings is 2. The van der Waals surface area contributed by atoms with Gasteiger partial charge in [0, 0.05) is 16.3 Å². The lowest BCUT2D eigenvalue weighted by molar-refractivity contribution is -0.113. The minimum atomic E-state index is -0.208. The number of aromatic nitrogens is 5. The normalized spacial score (nSPS) is 10.8. The molecule has 0 radical (unpaired) electrons. The lowest BCUT2D eigenvalue weighted by Crippen LogP contribution is -2.16. The van der Waals surface area contributed by atoms with Crippen LogP contribution in [0.2, 0.25) is 5.02 Å². The summed E-state index contributed by atoms with van der Waals surface area (Å²) in [5, 5.41) is 19.1. The zero-order chi connectivity index (χ0) is 21.8. The molecule has 0 fully saturated rings. The Morgan fingerprint density at radius 3 is 2.77 bits per heavy atom. The number of methoxy groups -OCH3 is 1. The number of nitrogens with two attached hydrogens (primary N) is 1. The van der Waals surface area contributed by atoms with Crippen molar-refractivity contribution in [2.75, 3.05) is 24.0 Å². The molecule has 0 bridgehead atoms. The molecule has 2 aromatic heterocycles. The van der Waals surface area contributed by atoms with Gasteiger partial charge in [-0.05, 0) is 48.5 Å². The molecule has 0 aliphatic heterocycles. The highest BCUT2D eigenvalue weighted by atomic mass is 35.5. The third kappa shape index (κ3) is 4.81. The van der Waals surface area contributed by atoms with Crippen molar-refractivity contribution in [1.29, 1.82) is 0 Å². The van der Waals surface area contributed by atoms with Gasteiger partial charge in [0.25, 0.3) is 0 Å². The Kier molecular flexibility index (Phi) is 6.10. The van der Waals surface area contributed by atoms with Crippen LogP contribution >= 0.6 is 23.4 Å². The van der Waals surface area contributed by atoms with E-state index in [-0.39, 0.29) is 11.7 Å². The molecule has 0 aliphatic rings. The van der Waals surface area contributed by atoms with E-state index in [9.17, 15) is 4.79 Å². The number of ether oxygens (including phenoxy) is 1. The van der Waals surface area contributed by atoms with Crippen molar-refractivity contribution < 1.29 is 9.53 Å². The molecule has 0 saturated heterocycles. The quantitative estimate of drug-likeness (QED) is 0.288. The molecular formula is C20H18ClN7O2S. The van der Waals surface area contributed by atoms with E-state index < -0.39 is 0 Å². The summed E-state index contributed by atoms with van der Waals surface area (Å²) in [7, 11) is 1.62. The average Bonchev–Trinajstić information content (AvgIpc) is 3.39. The maximum absolute atomic E-state index is 12.2. The molecule has 2 heterocycles. The van der Waals surface area contributed by atoms with Crippen molar-refractivity contribution in [2.45, 2.75) is 5.16 Å². The second-order valence-corrected chi connectivity index (χ2v) is 7.80. The summed E-state index contributed by atoms with van der Waals surface area (Å²) in [6.45, 7) is 0. The van der Waals surface area contributed by atoms with Crippen molar-refractivity contribution in [3.05, 3.63) is 59.6 Å². The average molecular weight is 456 g/mol. The number of thioether (sulfide) groups is 1. The van der Waals surface area contributed by atoms with Gasteiger partial charge in [-0.15, -0.1) is 10.2 Å². The molecule has 1 amide bonds. The zero-order valence-corrected chi connectivity index (χ0v) is 17.9. The van der Waals surface area contributed by atoms with Crippen LogP contribution in [0, 0.1) is 0 Å². The van der Waals surface area contributed by atoms with E-state index in [4.69, 9.17) is 22.2 Å². The van der Waals surface area contributed by atoms with Gasteiger partial charge in [0.2, 0.25) is 16.9 Å². The summed E-state index contributed by atoms with van der Waals surface area (Å²) in [5.41, 5.74) is 2.88. The number of carbonyl (C=O) groups excluding carboxylic acids is 1. The number of nitrogens with zero attached hydrogens (tertiary/aromatic N) is 4. The molecule has 2 aromatic carbocycles. The number of halogens is 1. The fraction of sp³-hybridized carbons (Fsp3) is 0.100. The zero-order valence-electron chi connectivity index (χ0n) is 16.4. The predicted molar refractivity (Wildman–Crippen MR) is 121 cm³/mol. The molecule has 31 heavy (non-hydrogen) atoms. The smallest absolute Gasteiger partial charge is 0.234 e. The van der Waals surface area contributed by atoms with E-state index in [0.717, 1.165) is 17.0 Å². The fourth-order valence-electron chi connectivity index (χ4n) is 2.80. The van der Waals surface area contributed by atoms with Gasteiger partial charge in [-0.1, -0.05) is 29.4 Å². The Morgan fingerprint density at radius 1 is 1.23 bits per heavy atom.